The number of carboxylic acids is 1. The number of carbonyl (C=O) groups excluding carboxylic acids is 1. The summed E-state index contributed by atoms with van der Waals surface area (Å²) in [6.45, 7) is -1.51. The van der Waals surface area contributed by atoms with E-state index in [0.717, 1.165) is 0 Å². The molecule has 0 saturated carbocycles. The van der Waals surface area contributed by atoms with Gasteiger partial charge in [0.2, 0.25) is 0 Å². The van der Waals surface area contributed by atoms with Crippen LogP contribution in [0.15, 0.2) is 12.2 Å². The summed E-state index contributed by atoms with van der Waals surface area (Å²) >= 11 is 0. The van der Waals surface area contributed by atoms with Crippen LogP contribution in [0.2, 0.25) is 0 Å². The second kappa shape index (κ2) is 4.60. The van der Waals surface area contributed by atoms with E-state index >= 15 is 0 Å². The maximum Gasteiger partial charge on any atom is 0.382 e. The van der Waals surface area contributed by atoms with E-state index < -0.39 is 41.9 Å². The van der Waals surface area contributed by atoms with Crippen molar-refractivity contribution < 1.29 is 49.4 Å². The first-order chi connectivity index (χ1) is 8.16. The monoisotopic (exact) mass is 303 g/mol. The van der Waals surface area contributed by atoms with Gasteiger partial charge in [0.05, 0.1) is 5.97 Å². The highest BCUT2D eigenvalue weighted by atomic mass is 19.4. The molecule has 0 N–H and O–H groups in total. The molecule has 0 unspecified atom stereocenters. The van der Waals surface area contributed by atoms with Crippen molar-refractivity contribution in [2.45, 2.75) is 23.7 Å². The number of carboxylic acid groups (broad SMARTS) is 1. The van der Waals surface area contributed by atoms with Gasteiger partial charge in [-0.1, -0.05) is 6.58 Å². The highest BCUT2D eigenvalue weighted by molar-refractivity contribution is 5.86. The lowest BCUT2D eigenvalue weighted by molar-refractivity contribution is -0.362. The number of hydrogen-bond acceptors (Lipinski definition) is 2. The molecule has 19 heavy (non-hydrogen) atoms. The van der Waals surface area contributed by atoms with Gasteiger partial charge in [-0.3, -0.25) is 0 Å². The Labute approximate surface area is 99.0 Å². The molecule has 0 aliphatic rings. The molecule has 2 nitrogen and oxygen atoms in total. The molecular weight excluding hydrogens is 299 g/mol. The zero-order valence-electron chi connectivity index (χ0n) is 8.63. The first kappa shape index (κ1) is 17.6. The lowest BCUT2D eigenvalue weighted by Gasteiger charge is -2.36. The van der Waals surface area contributed by atoms with E-state index in [1.807, 2.05) is 6.58 Å². The minimum absolute atomic E-state index is 1.85. The predicted molar refractivity (Wildman–Crippen MR) is 39.9 cm³/mol. The average Bonchev–Trinajstić information content (AvgIpc) is 2.26. The maximum atomic E-state index is 12.8. The molecule has 0 bridgehead atoms. The molecule has 0 aliphatic heterocycles. The van der Waals surface area contributed by atoms with Crippen molar-refractivity contribution in [3.05, 3.63) is 12.2 Å². The molecule has 0 aliphatic carbocycles. The zero-order valence-corrected chi connectivity index (χ0v) is 8.63. The summed E-state index contributed by atoms with van der Waals surface area (Å²) in [6.07, 6.45) is 0. The summed E-state index contributed by atoms with van der Waals surface area (Å²) in [5.74, 6) is -29.2. The van der Waals surface area contributed by atoms with Crippen LogP contribution in [-0.2, 0) is 4.79 Å². The number of hydrogen-bond donors (Lipinski definition) is 0. The summed E-state index contributed by atoms with van der Waals surface area (Å²) in [4.78, 5) is 9.91. The van der Waals surface area contributed by atoms with Gasteiger partial charge < -0.3 is 9.90 Å². The fourth-order valence-corrected chi connectivity index (χ4v) is 0.828. The first-order valence-electron chi connectivity index (χ1n) is 4.14. The molecule has 0 rings (SSSR count). The van der Waals surface area contributed by atoms with Crippen LogP contribution < -0.4 is 5.11 Å². The van der Waals surface area contributed by atoms with Gasteiger partial charge >= 0.3 is 23.7 Å². The quantitative estimate of drug-likeness (QED) is 0.554. The van der Waals surface area contributed by atoms with Crippen LogP contribution >= 0.6 is 0 Å². The third kappa shape index (κ3) is 2.37. The van der Waals surface area contributed by atoms with Crippen molar-refractivity contribution in [2.24, 2.45) is 0 Å². The minimum atomic E-state index is -6.90. The Morgan fingerprint density at radius 2 is 1.32 bits per heavy atom. The van der Waals surface area contributed by atoms with E-state index in [9.17, 15) is 49.4 Å². The van der Waals surface area contributed by atoms with E-state index in [4.69, 9.17) is 0 Å². The molecule has 0 aromatic heterocycles. The highest BCUT2D eigenvalue weighted by Gasteiger charge is 2.81. The van der Waals surface area contributed by atoms with E-state index in [0.29, 0.717) is 0 Å². The molecule has 0 fully saturated rings. The molecule has 0 spiro atoms. The number of halogens is 9. The normalized spacial score (nSPS) is 14.4. The van der Waals surface area contributed by atoms with Crippen molar-refractivity contribution >= 4 is 5.97 Å². The predicted octanol–water partition coefficient (Wildman–Crippen LogP) is 1.80. The minimum Gasteiger partial charge on any atom is -0.545 e. The van der Waals surface area contributed by atoms with Gasteiger partial charge in [-0.05, 0) is 0 Å². The van der Waals surface area contributed by atoms with Crippen molar-refractivity contribution in [1.29, 1.82) is 0 Å². The zero-order chi connectivity index (χ0) is 15.9. The molecular formula is C8H4F9O2-. The summed E-state index contributed by atoms with van der Waals surface area (Å²) in [5.41, 5.74) is -2.84. The third-order valence-electron chi connectivity index (χ3n) is 2.04. The summed E-state index contributed by atoms with van der Waals surface area (Å²) in [7, 11) is 0. The molecule has 0 amide bonds. The second-order valence-corrected chi connectivity index (χ2v) is 3.33. The Hall–Kier alpha value is -1.42. The number of alkyl halides is 9. The lowest BCUT2D eigenvalue weighted by atomic mass is 9.94. The lowest BCUT2D eigenvalue weighted by Crippen LogP contribution is -2.64. The van der Waals surface area contributed by atoms with Gasteiger partial charge in [0, 0.05) is 5.57 Å². The van der Waals surface area contributed by atoms with Gasteiger partial charge in [-0.25, -0.2) is 4.39 Å². The fraction of sp³-hybridized carbons (Fsp3) is 0.625. The molecule has 0 saturated heterocycles. The maximum absolute atomic E-state index is 12.8. The van der Waals surface area contributed by atoms with E-state index in [1.165, 1.54) is 0 Å². The molecule has 0 atom stereocenters. The smallest absolute Gasteiger partial charge is 0.382 e. The van der Waals surface area contributed by atoms with Gasteiger partial charge in [0.25, 0.3) is 0 Å². The molecule has 11 heteroatoms. The van der Waals surface area contributed by atoms with Gasteiger partial charge in [-0.2, -0.15) is 35.1 Å². The van der Waals surface area contributed by atoms with Crippen LogP contribution in [-0.4, -0.2) is 36.3 Å². The summed E-state index contributed by atoms with van der Waals surface area (Å²) in [5, 5.41) is 9.91. The van der Waals surface area contributed by atoms with E-state index in [2.05, 4.69) is 0 Å². The molecule has 0 aromatic carbocycles. The topological polar surface area (TPSA) is 40.1 Å². The van der Waals surface area contributed by atoms with Crippen LogP contribution in [0, 0.1) is 0 Å². The third-order valence-corrected chi connectivity index (χ3v) is 2.04. The van der Waals surface area contributed by atoms with Crippen molar-refractivity contribution in [2.75, 3.05) is 6.67 Å². The van der Waals surface area contributed by atoms with Gasteiger partial charge in [0.15, 0.2) is 6.67 Å². The van der Waals surface area contributed by atoms with Crippen LogP contribution in [0.4, 0.5) is 39.5 Å². The van der Waals surface area contributed by atoms with Crippen molar-refractivity contribution in [3.8, 4) is 0 Å². The SMILES string of the molecule is C=C(C(=O)[O-])C(F)(F)C(F)(F)C(F)(F)C(F)(F)CF. The van der Waals surface area contributed by atoms with Crippen LogP contribution in [0.1, 0.15) is 0 Å². The first-order valence-corrected chi connectivity index (χ1v) is 4.14. The van der Waals surface area contributed by atoms with Gasteiger partial charge in [-0.15, -0.1) is 0 Å². The fourth-order valence-electron chi connectivity index (χ4n) is 0.828. The number of carbonyl (C=O) groups is 1. The number of rotatable bonds is 6. The molecule has 0 aromatic rings. The van der Waals surface area contributed by atoms with Crippen LogP contribution in [0.25, 0.3) is 0 Å². The highest BCUT2D eigenvalue weighted by Crippen LogP contribution is 2.54. The molecule has 112 valence electrons. The Balaban J connectivity index is 5.86. The Morgan fingerprint density at radius 3 is 1.58 bits per heavy atom. The Kier molecular flexibility index (Phi) is 4.26. The standard InChI is InChI=1S/C8H5F9O2/c1-3(4(18)19)6(12,13)8(16,17)7(14,15)5(10,11)2-9/h1-2H2,(H,18,19)/p-1. The Bertz CT molecular complexity index is 388. The Morgan fingerprint density at radius 1 is 0.947 bits per heavy atom. The van der Waals surface area contributed by atoms with Crippen molar-refractivity contribution in [1.82, 2.24) is 0 Å². The van der Waals surface area contributed by atoms with Crippen LogP contribution in [0.3, 0.4) is 0 Å². The van der Waals surface area contributed by atoms with E-state index in [1.54, 1.807) is 0 Å². The molecule has 0 heterocycles. The van der Waals surface area contributed by atoms with Gasteiger partial charge in [0.1, 0.15) is 0 Å². The average molecular weight is 303 g/mol. The molecule has 0 radical (unpaired) electrons. The number of aliphatic carboxylic acids is 1. The van der Waals surface area contributed by atoms with Crippen LogP contribution in [0.5, 0.6) is 0 Å². The largest absolute Gasteiger partial charge is 0.545 e. The summed E-state index contributed by atoms with van der Waals surface area (Å²) in [6, 6.07) is 0. The second-order valence-electron chi connectivity index (χ2n) is 3.33. The van der Waals surface area contributed by atoms with Crippen molar-refractivity contribution in [3.63, 3.8) is 0 Å². The van der Waals surface area contributed by atoms with E-state index in [-0.39, 0.29) is 0 Å². The summed E-state index contributed by atoms with van der Waals surface area (Å²) < 4.78 is 113.